The molecule has 0 atom stereocenters. The largest absolute Gasteiger partial charge is 0.348 e. The summed E-state index contributed by atoms with van der Waals surface area (Å²) < 4.78 is 14.6. The Bertz CT molecular complexity index is 752. The van der Waals surface area contributed by atoms with Gasteiger partial charge in [0, 0.05) is 30.7 Å². The van der Waals surface area contributed by atoms with Crippen LogP contribution in [0.5, 0.6) is 0 Å². The molecule has 0 saturated heterocycles. The number of aromatic nitrogens is 3. The van der Waals surface area contributed by atoms with Crippen molar-refractivity contribution in [2.24, 2.45) is 0 Å². The molecule has 2 heterocycles. The van der Waals surface area contributed by atoms with E-state index < -0.39 is 0 Å². The molecule has 110 valence electrons. The average Bonchev–Trinajstić information content (AvgIpc) is 3.08. The van der Waals surface area contributed by atoms with Crippen molar-refractivity contribution in [3.63, 3.8) is 0 Å². The predicted molar refractivity (Wildman–Crippen MR) is 78.9 cm³/mol. The van der Waals surface area contributed by atoms with E-state index in [9.17, 15) is 9.18 Å². The second kappa shape index (κ2) is 6.17. The molecule has 0 fully saturated rings. The maximum Gasteiger partial charge on any atom is 0.251 e. The van der Waals surface area contributed by atoms with Crippen LogP contribution in [0, 0.1) is 5.82 Å². The van der Waals surface area contributed by atoms with Crippen LogP contribution in [0.1, 0.15) is 15.9 Å². The van der Waals surface area contributed by atoms with E-state index in [-0.39, 0.29) is 11.7 Å². The molecule has 1 aromatic carbocycles. The Morgan fingerprint density at radius 1 is 1.18 bits per heavy atom. The van der Waals surface area contributed by atoms with Crippen molar-refractivity contribution in [1.82, 2.24) is 19.9 Å². The van der Waals surface area contributed by atoms with Crippen molar-refractivity contribution in [2.75, 3.05) is 0 Å². The van der Waals surface area contributed by atoms with Crippen LogP contribution in [0.25, 0.3) is 5.82 Å². The summed E-state index contributed by atoms with van der Waals surface area (Å²) in [6.07, 6.45) is 6.84. The lowest BCUT2D eigenvalue weighted by Crippen LogP contribution is -2.22. The molecule has 0 spiro atoms. The Hall–Kier alpha value is -3.02. The molecule has 0 aliphatic heterocycles. The van der Waals surface area contributed by atoms with Gasteiger partial charge in [-0.25, -0.2) is 14.4 Å². The van der Waals surface area contributed by atoms with E-state index in [1.807, 2.05) is 12.1 Å². The standard InChI is InChI=1S/C16H13FN4O/c17-14-4-2-13(3-5-14)16(22)20-10-12-1-6-15(19-9-12)21-8-7-18-11-21/h1-9,11H,10H2,(H,20,22). The van der Waals surface area contributed by atoms with E-state index in [2.05, 4.69) is 15.3 Å². The van der Waals surface area contributed by atoms with Gasteiger partial charge in [0.15, 0.2) is 0 Å². The van der Waals surface area contributed by atoms with E-state index >= 15 is 0 Å². The summed E-state index contributed by atoms with van der Waals surface area (Å²) in [5.41, 5.74) is 1.30. The topological polar surface area (TPSA) is 59.8 Å². The quantitative estimate of drug-likeness (QED) is 0.804. The molecule has 0 aliphatic rings. The number of halogens is 1. The molecule has 1 N–H and O–H groups in total. The fourth-order valence-corrected chi connectivity index (χ4v) is 1.95. The molecular weight excluding hydrogens is 283 g/mol. The molecule has 5 nitrogen and oxygen atoms in total. The number of imidazole rings is 1. The maximum atomic E-state index is 12.8. The zero-order valence-electron chi connectivity index (χ0n) is 11.6. The van der Waals surface area contributed by atoms with Crippen molar-refractivity contribution in [1.29, 1.82) is 0 Å². The van der Waals surface area contributed by atoms with Crippen molar-refractivity contribution < 1.29 is 9.18 Å². The number of hydrogen-bond donors (Lipinski definition) is 1. The fourth-order valence-electron chi connectivity index (χ4n) is 1.95. The van der Waals surface area contributed by atoms with Crippen molar-refractivity contribution in [2.45, 2.75) is 6.54 Å². The minimum absolute atomic E-state index is 0.251. The summed E-state index contributed by atoms with van der Waals surface area (Å²) >= 11 is 0. The van der Waals surface area contributed by atoms with Crippen LogP contribution in [0.15, 0.2) is 61.3 Å². The zero-order chi connectivity index (χ0) is 15.4. The van der Waals surface area contributed by atoms with Crippen LogP contribution in [-0.2, 0) is 6.54 Å². The van der Waals surface area contributed by atoms with Gasteiger partial charge in [0.2, 0.25) is 0 Å². The fraction of sp³-hybridized carbons (Fsp3) is 0.0625. The first-order valence-electron chi connectivity index (χ1n) is 6.69. The molecule has 0 saturated carbocycles. The third-order valence-corrected chi connectivity index (χ3v) is 3.14. The lowest BCUT2D eigenvalue weighted by Gasteiger charge is -2.06. The van der Waals surface area contributed by atoms with Gasteiger partial charge in [0.25, 0.3) is 5.91 Å². The number of benzene rings is 1. The summed E-state index contributed by atoms with van der Waals surface area (Å²) in [4.78, 5) is 20.2. The van der Waals surface area contributed by atoms with E-state index in [1.165, 1.54) is 24.3 Å². The molecule has 0 bridgehead atoms. The number of amides is 1. The third-order valence-electron chi connectivity index (χ3n) is 3.14. The van der Waals surface area contributed by atoms with Crippen molar-refractivity contribution in [3.8, 4) is 5.82 Å². The van der Waals surface area contributed by atoms with E-state index in [0.717, 1.165) is 11.4 Å². The number of pyridine rings is 1. The summed E-state index contributed by atoms with van der Waals surface area (Å²) in [6, 6.07) is 9.15. The molecule has 3 rings (SSSR count). The Kier molecular flexibility index (Phi) is 3.91. The summed E-state index contributed by atoms with van der Waals surface area (Å²) in [6.45, 7) is 0.355. The van der Waals surface area contributed by atoms with Crippen LogP contribution in [0.3, 0.4) is 0 Å². The SMILES string of the molecule is O=C(NCc1ccc(-n2ccnc2)nc1)c1ccc(F)cc1. The van der Waals surface area contributed by atoms with Crippen LogP contribution < -0.4 is 5.32 Å². The summed E-state index contributed by atoms with van der Waals surface area (Å²) in [7, 11) is 0. The smallest absolute Gasteiger partial charge is 0.251 e. The average molecular weight is 296 g/mol. The number of hydrogen-bond acceptors (Lipinski definition) is 3. The molecule has 2 aromatic heterocycles. The molecule has 22 heavy (non-hydrogen) atoms. The van der Waals surface area contributed by atoms with E-state index in [0.29, 0.717) is 12.1 Å². The Morgan fingerprint density at radius 3 is 2.64 bits per heavy atom. The van der Waals surface area contributed by atoms with Gasteiger partial charge in [-0.15, -0.1) is 0 Å². The molecule has 1 amide bonds. The number of carbonyl (C=O) groups is 1. The highest BCUT2D eigenvalue weighted by molar-refractivity contribution is 5.94. The highest BCUT2D eigenvalue weighted by atomic mass is 19.1. The number of carbonyl (C=O) groups excluding carboxylic acids is 1. The Balaban J connectivity index is 1.61. The van der Waals surface area contributed by atoms with Gasteiger partial charge in [-0.1, -0.05) is 6.07 Å². The van der Waals surface area contributed by atoms with Crippen LogP contribution in [0.4, 0.5) is 4.39 Å². The Labute approximate surface area is 126 Å². The molecule has 3 aromatic rings. The van der Waals surface area contributed by atoms with Gasteiger partial charge in [-0.2, -0.15) is 0 Å². The monoisotopic (exact) mass is 296 g/mol. The highest BCUT2D eigenvalue weighted by Gasteiger charge is 2.05. The predicted octanol–water partition coefficient (Wildman–Crippen LogP) is 2.34. The van der Waals surface area contributed by atoms with E-state index in [4.69, 9.17) is 0 Å². The summed E-state index contributed by atoms with van der Waals surface area (Å²) in [5, 5.41) is 2.77. The zero-order valence-corrected chi connectivity index (χ0v) is 11.6. The van der Waals surface area contributed by atoms with Gasteiger partial charge in [0.05, 0.1) is 0 Å². The minimum atomic E-state index is -0.365. The second-order valence-corrected chi connectivity index (χ2v) is 4.68. The first-order valence-corrected chi connectivity index (χ1v) is 6.69. The minimum Gasteiger partial charge on any atom is -0.348 e. The van der Waals surface area contributed by atoms with Gasteiger partial charge >= 0.3 is 0 Å². The van der Waals surface area contributed by atoms with Crippen LogP contribution in [0.2, 0.25) is 0 Å². The Morgan fingerprint density at radius 2 is 2.00 bits per heavy atom. The first kappa shape index (κ1) is 13.9. The molecule has 0 unspecified atom stereocenters. The van der Waals surface area contributed by atoms with Gasteiger partial charge < -0.3 is 5.32 Å². The van der Waals surface area contributed by atoms with Crippen molar-refractivity contribution in [3.05, 3.63) is 78.3 Å². The number of rotatable bonds is 4. The summed E-state index contributed by atoms with van der Waals surface area (Å²) in [5.74, 6) is 0.139. The van der Waals surface area contributed by atoms with E-state index in [1.54, 1.807) is 29.5 Å². The first-order chi connectivity index (χ1) is 10.7. The number of nitrogens with zero attached hydrogens (tertiary/aromatic N) is 3. The lowest BCUT2D eigenvalue weighted by molar-refractivity contribution is 0.0951. The molecule has 0 aliphatic carbocycles. The second-order valence-electron chi connectivity index (χ2n) is 4.68. The van der Waals surface area contributed by atoms with Crippen LogP contribution >= 0.6 is 0 Å². The van der Waals surface area contributed by atoms with Crippen molar-refractivity contribution >= 4 is 5.91 Å². The lowest BCUT2D eigenvalue weighted by atomic mass is 10.2. The van der Waals surface area contributed by atoms with Gasteiger partial charge in [0.1, 0.15) is 18.0 Å². The normalized spacial score (nSPS) is 10.4. The number of nitrogens with one attached hydrogen (secondary N) is 1. The molecular formula is C16H13FN4O. The van der Waals surface area contributed by atoms with Gasteiger partial charge in [-0.05, 0) is 35.9 Å². The highest BCUT2D eigenvalue weighted by Crippen LogP contribution is 2.06. The molecule has 6 heteroatoms. The maximum absolute atomic E-state index is 12.8. The third kappa shape index (κ3) is 3.17. The van der Waals surface area contributed by atoms with Gasteiger partial charge in [-0.3, -0.25) is 9.36 Å². The molecule has 0 radical (unpaired) electrons. The van der Waals surface area contributed by atoms with Crippen LogP contribution in [-0.4, -0.2) is 20.4 Å².